The summed E-state index contributed by atoms with van der Waals surface area (Å²) in [7, 11) is 1.59. The van der Waals surface area contributed by atoms with Gasteiger partial charge in [0.15, 0.2) is 0 Å². The van der Waals surface area contributed by atoms with Crippen LogP contribution in [0.5, 0.6) is 5.75 Å². The normalized spacial score (nSPS) is 10.7. The molecule has 0 aromatic heterocycles. The van der Waals surface area contributed by atoms with E-state index in [1.54, 1.807) is 40.0 Å². The number of methoxy groups -OCH3 is 1. The van der Waals surface area contributed by atoms with Crippen molar-refractivity contribution in [3.63, 3.8) is 0 Å². The molecule has 0 fully saturated rings. The van der Waals surface area contributed by atoms with Crippen molar-refractivity contribution in [2.75, 3.05) is 26.7 Å². The molecule has 0 atom stereocenters. The number of hydrogen-bond donors (Lipinski definition) is 3. The van der Waals surface area contributed by atoms with Gasteiger partial charge in [0.1, 0.15) is 11.4 Å². The summed E-state index contributed by atoms with van der Waals surface area (Å²) in [5.41, 5.74) is 0.307. The first-order chi connectivity index (χ1) is 12.7. The molecular formula is C19H29N3O5. The lowest BCUT2D eigenvalue weighted by molar-refractivity contribution is -0.122. The summed E-state index contributed by atoms with van der Waals surface area (Å²) in [6, 6.07) is 7.26. The third-order valence-electron chi connectivity index (χ3n) is 3.31. The molecule has 150 valence electrons. The van der Waals surface area contributed by atoms with E-state index >= 15 is 0 Å². The fraction of sp³-hybridized carbons (Fsp3) is 0.526. The van der Waals surface area contributed by atoms with Crippen molar-refractivity contribution in [2.45, 2.75) is 39.2 Å². The van der Waals surface area contributed by atoms with Gasteiger partial charge in [-0.15, -0.1) is 0 Å². The lowest BCUT2D eigenvalue weighted by Crippen LogP contribution is -2.37. The lowest BCUT2D eigenvalue weighted by atomic mass is 10.1. The van der Waals surface area contributed by atoms with E-state index < -0.39 is 11.7 Å². The van der Waals surface area contributed by atoms with Gasteiger partial charge in [0.2, 0.25) is 11.8 Å². The van der Waals surface area contributed by atoms with Crippen molar-refractivity contribution in [1.82, 2.24) is 16.0 Å². The summed E-state index contributed by atoms with van der Waals surface area (Å²) < 4.78 is 10.1. The van der Waals surface area contributed by atoms with Gasteiger partial charge in [0.05, 0.1) is 13.5 Å². The van der Waals surface area contributed by atoms with Crippen molar-refractivity contribution >= 4 is 17.9 Å². The van der Waals surface area contributed by atoms with Crippen LogP contribution >= 0.6 is 0 Å². The zero-order valence-corrected chi connectivity index (χ0v) is 16.4. The zero-order chi connectivity index (χ0) is 20.3. The van der Waals surface area contributed by atoms with Crippen LogP contribution in [0.1, 0.15) is 32.8 Å². The van der Waals surface area contributed by atoms with Gasteiger partial charge >= 0.3 is 6.09 Å². The van der Waals surface area contributed by atoms with Gasteiger partial charge in [-0.2, -0.15) is 0 Å². The number of benzene rings is 1. The quantitative estimate of drug-likeness (QED) is 0.562. The third-order valence-corrected chi connectivity index (χ3v) is 3.31. The molecule has 0 unspecified atom stereocenters. The van der Waals surface area contributed by atoms with Gasteiger partial charge in [-0.3, -0.25) is 9.59 Å². The highest BCUT2D eigenvalue weighted by atomic mass is 16.6. The molecule has 0 aliphatic carbocycles. The number of carbonyl (C=O) groups is 3. The Morgan fingerprint density at radius 1 is 0.889 bits per heavy atom. The van der Waals surface area contributed by atoms with Crippen LogP contribution in [0, 0.1) is 0 Å². The Morgan fingerprint density at radius 3 is 2.04 bits per heavy atom. The minimum absolute atomic E-state index is 0.124. The number of ether oxygens (including phenoxy) is 2. The van der Waals surface area contributed by atoms with Crippen LogP contribution < -0.4 is 20.7 Å². The van der Waals surface area contributed by atoms with Crippen LogP contribution in [0.25, 0.3) is 0 Å². The summed E-state index contributed by atoms with van der Waals surface area (Å²) in [5.74, 6) is 0.402. The molecule has 1 rings (SSSR count). The average Bonchev–Trinajstić information content (AvgIpc) is 2.58. The Labute approximate surface area is 160 Å². The Morgan fingerprint density at radius 2 is 1.48 bits per heavy atom. The van der Waals surface area contributed by atoms with Crippen molar-refractivity contribution < 1.29 is 23.9 Å². The molecule has 0 spiro atoms. The first kappa shape index (κ1) is 22.3. The second kappa shape index (κ2) is 11.1. The van der Waals surface area contributed by atoms with E-state index in [2.05, 4.69) is 16.0 Å². The summed E-state index contributed by atoms with van der Waals surface area (Å²) in [6.45, 7) is 6.14. The van der Waals surface area contributed by atoms with Crippen molar-refractivity contribution in [3.8, 4) is 5.75 Å². The Hall–Kier alpha value is -2.77. The monoisotopic (exact) mass is 379 g/mol. The zero-order valence-electron chi connectivity index (χ0n) is 16.4. The van der Waals surface area contributed by atoms with Gasteiger partial charge in [-0.1, -0.05) is 12.1 Å². The molecule has 1 aromatic rings. The molecule has 0 saturated carbocycles. The molecule has 0 heterocycles. The smallest absolute Gasteiger partial charge is 0.407 e. The van der Waals surface area contributed by atoms with Gasteiger partial charge in [-0.05, 0) is 38.5 Å². The maximum Gasteiger partial charge on any atom is 0.407 e. The van der Waals surface area contributed by atoms with Crippen LogP contribution in [0.3, 0.4) is 0 Å². The van der Waals surface area contributed by atoms with Crippen molar-refractivity contribution in [3.05, 3.63) is 29.8 Å². The van der Waals surface area contributed by atoms with Crippen LogP contribution in [-0.2, 0) is 20.7 Å². The van der Waals surface area contributed by atoms with Crippen LogP contribution in [0.15, 0.2) is 24.3 Å². The summed E-state index contributed by atoms with van der Waals surface area (Å²) in [5, 5.41) is 7.93. The summed E-state index contributed by atoms with van der Waals surface area (Å²) >= 11 is 0. The molecule has 3 N–H and O–H groups in total. The van der Waals surface area contributed by atoms with E-state index in [9.17, 15) is 14.4 Å². The molecule has 8 heteroatoms. The van der Waals surface area contributed by atoms with Crippen LogP contribution in [0.4, 0.5) is 4.79 Å². The topological polar surface area (TPSA) is 106 Å². The minimum atomic E-state index is -0.573. The molecule has 0 aliphatic heterocycles. The third kappa shape index (κ3) is 10.7. The largest absolute Gasteiger partial charge is 0.497 e. The second-order valence-corrected chi connectivity index (χ2v) is 6.90. The number of alkyl carbamates (subject to hydrolysis) is 1. The van der Waals surface area contributed by atoms with Gasteiger partial charge in [-0.25, -0.2) is 4.79 Å². The second-order valence-electron chi connectivity index (χ2n) is 6.90. The van der Waals surface area contributed by atoms with Gasteiger partial charge in [0.25, 0.3) is 0 Å². The average molecular weight is 379 g/mol. The predicted octanol–water partition coefficient (Wildman–Crippen LogP) is 1.38. The fourth-order valence-corrected chi connectivity index (χ4v) is 2.08. The van der Waals surface area contributed by atoms with Crippen molar-refractivity contribution in [2.24, 2.45) is 0 Å². The molecule has 0 aliphatic rings. The number of amides is 3. The number of rotatable bonds is 9. The molecule has 8 nitrogen and oxygen atoms in total. The molecule has 1 aromatic carbocycles. The molecule has 0 radical (unpaired) electrons. The molecule has 0 saturated heterocycles. The lowest BCUT2D eigenvalue weighted by Gasteiger charge is -2.19. The van der Waals surface area contributed by atoms with E-state index in [0.717, 1.165) is 11.3 Å². The summed E-state index contributed by atoms with van der Waals surface area (Å²) in [6.07, 6.45) is -0.155. The van der Waals surface area contributed by atoms with E-state index in [4.69, 9.17) is 9.47 Å². The minimum Gasteiger partial charge on any atom is -0.497 e. The van der Waals surface area contributed by atoms with Crippen molar-refractivity contribution in [1.29, 1.82) is 0 Å². The van der Waals surface area contributed by atoms with Crippen LogP contribution in [0.2, 0.25) is 0 Å². The molecule has 27 heavy (non-hydrogen) atoms. The van der Waals surface area contributed by atoms with E-state index in [1.165, 1.54) is 0 Å². The van der Waals surface area contributed by atoms with Crippen LogP contribution in [-0.4, -0.2) is 50.3 Å². The Kier molecular flexibility index (Phi) is 9.12. The highest BCUT2D eigenvalue weighted by Gasteiger charge is 2.15. The first-order valence-corrected chi connectivity index (χ1v) is 8.83. The maximum absolute atomic E-state index is 11.9. The Balaban J connectivity index is 2.11. The van der Waals surface area contributed by atoms with Gasteiger partial charge in [0, 0.05) is 26.1 Å². The highest BCUT2D eigenvalue weighted by Crippen LogP contribution is 2.11. The first-order valence-electron chi connectivity index (χ1n) is 8.83. The summed E-state index contributed by atoms with van der Waals surface area (Å²) in [4.78, 5) is 35.0. The van der Waals surface area contributed by atoms with E-state index in [1.807, 2.05) is 12.1 Å². The fourth-order valence-electron chi connectivity index (χ4n) is 2.08. The predicted molar refractivity (Wildman–Crippen MR) is 102 cm³/mol. The van der Waals surface area contributed by atoms with E-state index in [-0.39, 0.29) is 31.2 Å². The SMILES string of the molecule is COc1ccc(CC(=O)NCCNC(=O)CCNC(=O)OC(C)(C)C)cc1. The number of carbonyl (C=O) groups excluding carboxylic acids is 3. The highest BCUT2D eigenvalue weighted by molar-refractivity contribution is 5.79. The number of hydrogen-bond acceptors (Lipinski definition) is 5. The maximum atomic E-state index is 11.9. The molecule has 0 bridgehead atoms. The van der Waals surface area contributed by atoms with E-state index in [0.29, 0.717) is 13.1 Å². The molecular weight excluding hydrogens is 350 g/mol. The number of nitrogens with one attached hydrogen (secondary N) is 3. The van der Waals surface area contributed by atoms with Gasteiger partial charge < -0.3 is 25.4 Å². The molecule has 3 amide bonds. The Bertz CT molecular complexity index is 623. The standard InChI is InChI=1S/C19H29N3O5/c1-19(2,3)27-18(25)22-10-9-16(23)20-11-12-21-17(24)13-14-5-7-15(26-4)8-6-14/h5-8H,9-13H2,1-4H3,(H,20,23)(H,21,24)(H,22,25).